The largest absolute Gasteiger partial charge is 0.368 e. The van der Waals surface area contributed by atoms with Gasteiger partial charge in [-0.25, -0.2) is 0 Å². The molecule has 5 nitrogen and oxygen atoms in total. The molecule has 0 heterocycles. The molecule has 1 atom stereocenters. The van der Waals surface area contributed by atoms with Crippen molar-refractivity contribution < 1.29 is 14.3 Å². The van der Waals surface area contributed by atoms with E-state index >= 15 is 0 Å². The summed E-state index contributed by atoms with van der Waals surface area (Å²) in [4.78, 5) is 23.4. The molecular formula is C18H20N2O3. The van der Waals surface area contributed by atoms with Crippen LogP contribution in [0.1, 0.15) is 11.1 Å². The van der Waals surface area contributed by atoms with Crippen molar-refractivity contribution in [3.63, 3.8) is 0 Å². The van der Waals surface area contributed by atoms with Crippen LogP contribution in [0.3, 0.4) is 0 Å². The number of nitrogens with two attached hydrogens (primary N) is 1. The molecule has 0 aromatic heterocycles. The summed E-state index contributed by atoms with van der Waals surface area (Å²) >= 11 is 0. The predicted molar refractivity (Wildman–Crippen MR) is 87.4 cm³/mol. The van der Waals surface area contributed by atoms with Crippen LogP contribution in [0.4, 0.5) is 0 Å². The average Bonchev–Trinajstić information content (AvgIpc) is 2.56. The Morgan fingerprint density at radius 1 is 0.957 bits per heavy atom. The second kappa shape index (κ2) is 8.70. The zero-order valence-electron chi connectivity index (χ0n) is 12.8. The minimum Gasteiger partial charge on any atom is -0.368 e. The van der Waals surface area contributed by atoms with Crippen LogP contribution < -0.4 is 11.1 Å². The molecule has 0 fully saturated rings. The molecule has 2 amide bonds. The lowest BCUT2D eigenvalue weighted by Crippen LogP contribution is -2.47. The van der Waals surface area contributed by atoms with E-state index in [4.69, 9.17) is 10.5 Å². The smallest absolute Gasteiger partial charge is 0.246 e. The second-order valence-corrected chi connectivity index (χ2v) is 5.19. The Morgan fingerprint density at radius 2 is 1.52 bits per heavy atom. The number of carbonyl (C=O) groups excluding carboxylic acids is 2. The topological polar surface area (TPSA) is 81.4 Å². The van der Waals surface area contributed by atoms with E-state index < -0.39 is 11.9 Å². The fourth-order valence-electron chi connectivity index (χ4n) is 2.14. The van der Waals surface area contributed by atoms with Crippen LogP contribution in [0, 0.1) is 0 Å². The first kappa shape index (κ1) is 16.7. The molecule has 2 aromatic rings. The second-order valence-electron chi connectivity index (χ2n) is 5.19. The highest BCUT2D eigenvalue weighted by Crippen LogP contribution is 2.03. The van der Waals surface area contributed by atoms with Crippen LogP contribution in [0.2, 0.25) is 0 Å². The number of ether oxygens (including phenoxy) is 1. The van der Waals surface area contributed by atoms with Gasteiger partial charge in [0.1, 0.15) is 12.6 Å². The third-order valence-corrected chi connectivity index (χ3v) is 3.31. The maximum absolute atomic E-state index is 11.9. The van der Waals surface area contributed by atoms with Gasteiger partial charge in [0, 0.05) is 6.42 Å². The first-order valence-corrected chi connectivity index (χ1v) is 7.39. The van der Waals surface area contributed by atoms with E-state index in [2.05, 4.69) is 5.32 Å². The first-order chi connectivity index (χ1) is 11.1. The Morgan fingerprint density at radius 3 is 2.09 bits per heavy atom. The van der Waals surface area contributed by atoms with Gasteiger partial charge in [-0.3, -0.25) is 9.59 Å². The van der Waals surface area contributed by atoms with Gasteiger partial charge in [-0.2, -0.15) is 0 Å². The number of nitrogens with one attached hydrogen (secondary N) is 1. The summed E-state index contributed by atoms with van der Waals surface area (Å²) in [6.07, 6.45) is 0.362. The van der Waals surface area contributed by atoms with Crippen molar-refractivity contribution in [3.05, 3.63) is 71.8 Å². The molecule has 2 rings (SSSR count). The lowest BCUT2D eigenvalue weighted by molar-refractivity contribution is -0.130. The minimum absolute atomic E-state index is 0.118. The molecule has 0 saturated carbocycles. The highest BCUT2D eigenvalue weighted by atomic mass is 16.5. The van der Waals surface area contributed by atoms with Crippen LogP contribution in [-0.4, -0.2) is 24.5 Å². The standard InChI is InChI=1S/C18H20N2O3/c19-18(22)16(11-14-7-3-1-4-8-14)20-17(21)13-23-12-15-9-5-2-6-10-15/h1-10,16H,11-13H2,(H2,19,22)(H,20,21)/t16-/m0/s1. The Kier molecular flexibility index (Phi) is 6.32. The van der Waals surface area contributed by atoms with Crippen molar-refractivity contribution in [3.8, 4) is 0 Å². The summed E-state index contributed by atoms with van der Waals surface area (Å²) in [5, 5.41) is 2.61. The van der Waals surface area contributed by atoms with Crippen LogP contribution in [0.5, 0.6) is 0 Å². The molecule has 0 saturated heterocycles. The first-order valence-electron chi connectivity index (χ1n) is 7.39. The normalized spacial score (nSPS) is 11.7. The van der Waals surface area contributed by atoms with Gasteiger partial charge in [0.25, 0.3) is 0 Å². The van der Waals surface area contributed by atoms with E-state index in [1.54, 1.807) is 0 Å². The van der Waals surface area contributed by atoms with Crippen molar-refractivity contribution in [2.45, 2.75) is 19.1 Å². The molecule has 0 spiro atoms. The number of carbonyl (C=O) groups is 2. The number of hydrogen-bond donors (Lipinski definition) is 2. The fraction of sp³-hybridized carbons (Fsp3) is 0.222. The molecule has 0 aliphatic rings. The molecule has 0 radical (unpaired) electrons. The van der Waals surface area contributed by atoms with Crippen LogP contribution >= 0.6 is 0 Å². The van der Waals surface area contributed by atoms with E-state index in [-0.39, 0.29) is 12.5 Å². The molecule has 120 valence electrons. The lowest BCUT2D eigenvalue weighted by Gasteiger charge is -2.15. The van der Waals surface area contributed by atoms with Crippen LogP contribution in [0.25, 0.3) is 0 Å². The number of hydrogen-bond acceptors (Lipinski definition) is 3. The molecular weight excluding hydrogens is 292 g/mol. The van der Waals surface area contributed by atoms with Crippen molar-refractivity contribution in [1.82, 2.24) is 5.32 Å². The van der Waals surface area contributed by atoms with Gasteiger partial charge in [0.2, 0.25) is 11.8 Å². The minimum atomic E-state index is -0.745. The monoisotopic (exact) mass is 312 g/mol. The Bertz CT molecular complexity index is 629. The van der Waals surface area contributed by atoms with E-state index in [9.17, 15) is 9.59 Å². The summed E-state index contributed by atoms with van der Waals surface area (Å²) in [7, 11) is 0. The van der Waals surface area contributed by atoms with Crippen molar-refractivity contribution >= 4 is 11.8 Å². The molecule has 0 aliphatic heterocycles. The summed E-state index contributed by atoms with van der Waals surface area (Å²) in [6, 6.07) is 18.2. The van der Waals surface area contributed by atoms with Gasteiger partial charge in [-0.05, 0) is 11.1 Å². The highest BCUT2D eigenvalue weighted by Gasteiger charge is 2.18. The van der Waals surface area contributed by atoms with Crippen molar-refractivity contribution in [2.75, 3.05) is 6.61 Å². The number of amides is 2. The van der Waals surface area contributed by atoms with Crippen molar-refractivity contribution in [2.24, 2.45) is 5.73 Å². The number of primary amides is 1. The van der Waals surface area contributed by atoms with E-state index in [0.717, 1.165) is 11.1 Å². The number of benzene rings is 2. The van der Waals surface area contributed by atoms with Gasteiger partial charge >= 0.3 is 0 Å². The molecule has 3 N–H and O–H groups in total. The summed E-state index contributed by atoms with van der Waals surface area (Å²) in [5.74, 6) is -0.925. The molecule has 0 unspecified atom stereocenters. The van der Waals surface area contributed by atoms with E-state index in [0.29, 0.717) is 13.0 Å². The summed E-state index contributed by atoms with van der Waals surface area (Å²) in [6.45, 7) is 0.224. The third kappa shape index (κ3) is 5.92. The van der Waals surface area contributed by atoms with Crippen molar-refractivity contribution in [1.29, 1.82) is 0 Å². The Labute approximate surface area is 135 Å². The van der Waals surface area contributed by atoms with Gasteiger partial charge in [-0.1, -0.05) is 60.7 Å². The summed E-state index contributed by atoms with van der Waals surface area (Å²) < 4.78 is 5.35. The Balaban J connectivity index is 1.80. The zero-order chi connectivity index (χ0) is 16.5. The van der Waals surface area contributed by atoms with Crippen LogP contribution in [-0.2, 0) is 27.4 Å². The molecule has 5 heteroatoms. The molecule has 0 aliphatic carbocycles. The Hall–Kier alpha value is -2.66. The highest BCUT2D eigenvalue weighted by molar-refractivity contribution is 5.87. The van der Waals surface area contributed by atoms with Crippen LogP contribution in [0.15, 0.2) is 60.7 Å². The number of rotatable bonds is 8. The SMILES string of the molecule is NC(=O)[C@H](Cc1ccccc1)NC(=O)COCc1ccccc1. The van der Waals surface area contributed by atoms with Gasteiger partial charge < -0.3 is 15.8 Å². The lowest BCUT2D eigenvalue weighted by atomic mass is 10.1. The van der Waals surface area contributed by atoms with Gasteiger partial charge in [-0.15, -0.1) is 0 Å². The van der Waals surface area contributed by atoms with Gasteiger partial charge in [0.15, 0.2) is 0 Å². The zero-order valence-corrected chi connectivity index (χ0v) is 12.8. The fourth-order valence-corrected chi connectivity index (χ4v) is 2.14. The van der Waals surface area contributed by atoms with Gasteiger partial charge in [0.05, 0.1) is 6.61 Å². The van der Waals surface area contributed by atoms with E-state index in [1.807, 2.05) is 60.7 Å². The average molecular weight is 312 g/mol. The maximum Gasteiger partial charge on any atom is 0.246 e. The third-order valence-electron chi connectivity index (χ3n) is 3.31. The molecule has 23 heavy (non-hydrogen) atoms. The molecule has 0 bridgehead atoms. The predicted octanol–water partition coefficient (Wildman–Crippen LogP) is 1.42. The van der Waals surface area contributed by atoms with E-state index in [1.165, 1.54) is 0 Å². The quantitative estimate of drug-likeness (QED) is 0.773. The molecule has 2 aromatic carbocycles. The summed E-state index contributed by atoms with van der Waals surface area (Å²) in [5.41, 5.74) is 7.27. The maximum atomic E-state index is 11.9.